The van der Waals surface area contributed by atoms with E-state index < -0.39 is 0 Å². The molecule has 0 bridgehead atoms. The van der Waals surface area contributed by atoms with Crippen LogP contribution in [0.2, 0.25) is 0 Å². The molecule has 11 heavy (non-hydrogen) atoms. The molecule has 0 saturated carbocycles. The Kier molecular flexibility index (Phi) is 5.11. The first-order valence-corrected chi connectivity index (χ1v) is 3.43. The highest BCUT2D eigenvalue weighted by molar-refractivity contribution is 5.92. The minimum Gasteiger partial charge on any atom is -0.296 e. The van der Waals surface area contributed by atoms with Gasteiger partial charge < -0.3 is 0 Å². The molecule has 3 nitrogen and oxygen atoms in total. The van der Waals surface area contributed by atoms with Gasteiger partial charge in [-0.2, -0.15) is 0 Å². The van der Waals surface area contributed by atoms with Gasteiger partial charge in [-0.05, 0) is 6.08 Å². The molecule has 0 aliphatic carbocycles. The summed E-state index contributed by atoms with van der Waals surface area (Å²) in [6.07, 6.45) is 5.44. The SMILES string of the molecule is C=C/C=C\C(=NC)N(C)NC. The lowest BCUT2D eigenvalue weighted by atomic mass is 10.4. The molecule has 0 atom stereocenters. The van der Waals surface area contributed by atoms with E-state index in [0.717, 1.165) is 5.84 Å². The minimum atomic E-state index is 0.868. The lowest BCUT2D eigenvalue weighted by Crippen LogP contribution is -2.35. The number of nitrogens with zero attached hydrogens (tertiary/aromatic N) is 2. The van der Waals surface area contributed by atoms with E-state index in [9.17, 15) is 0 Å². The van der Waals surface area contributed by atoms with Gasteiger partial charge in [0.1, 0.15) is 5.84 Å². The third-order valence-corrected chi connectivity index (χ3v) is 1.29. The number of rotatable bonds is 3. The lowest BCUT2D eigenvalue weighted by Gasteiger charge is -2.16. The molecule has 1 N–H and O–H groups in total. The predicted octanol–water partition coefficient (Wildman–Crippen LogP) is 0.823. The third-order valence-electron chi connectivity index (χ3n) is 1.29. The van der Waals surface area contributed by atoms with Crippen molar-refractivity contribution < 1.29 is 0 Å². The number of hydrogen-bond donors (Lipinski definition) is 1. The quantitative estimate of drug-likeness (QED) is 0.281. The molecular weight excluding hydrogens is 138 g/mol. The molecule has 0 amide bonds. The van der Waals surface area contributed by atoms with Crippen molar-refractivity contribution in [3.63, 3.8) is 0 Å². The van der Waals surface area contributed by atoms with E-state index in [1.165, 1.54) is 0 Å². The fourth-order valence-electron chi connectivity index (χ4n) is 0.605. The highest BCUT2D eigenvalue weighted by Gasteiger charge is 1.95. The Labute approximate surface area is 68.1 Å². The van der Waals surface area contributed by atoms with Crippen molar-refractivity contribution in [3.05, 3.63) is 24.8 Å². The highest BCUT2D eigenvalue weighted by atomic mass is 15.5. The van der Waals surface area contributed by atoms with Crippen LogP contribution >= 0.6 is 0 Å². The van der Waals surface area contributed by atoms with Crippen LogP contribution < -0.4 is 5.43 Å². The summed E-state index contributed by atoms with van der Waals surface area (Å²) in [5.41, 5.74) is 2.94. The van der Waals surface area contributed by atoms with Crippen LogP contribution in [0, 0.1) is 0 Å². The van der Waals surface area contributed by atoms with Crippen molar-refractivity contribution in [1.82, 2.24) is 10.4 Å². The molecule has 0 saturated heterocycles. The molecule has 0 radical (unpaired) electrons. The van der Waals surface area contributed by atoms with Crippen LogP contribution in [-0.2, 0) is 0 Å². The zero-order valence-corrected chi connectivity index (χ0v) is 7.33. The fraction of sp³-hybridized carbons (Fsp3) is 0.375. The topological polar surface area (TPSA) is 27.6 Å². The summed E-state index contributed by atoms with van der Waals surface area (Å²) >= 11 is 0. The van der Waals surface area contributed by atoms with Crippen LogP contribution in [0.15, 0.2) is 29.8 Å². The number of nitrogens with one attached hydrogen (secondary N) is 1. The molecule has 0 fully saturated rings. The van der Waals surface area contributed by atoms with Crippen molar-refractivity contribution in [2.75, 3.05) is 21.1 Å². The van der Waals surface area contributed by atoms with Gasteiger partial charge in [-0.1, -0.05) is 18.7 Å². The van der Waals surface area contributed by atoms with Gasteiger partial charge in [0.05, 0.1) is 0 Å². The average molecular weight is 153 g/mol. The monoisotopic (exact) mass is 153 g/mol. The number of hydrogen-bond acceptors (Lipinski definition) is 2. The molecule has 3 heteroatoms. The van der Waals surface area contributed by atoms with Gasteiger partial charge in [0.2, 0.25) is 0 Å². The molecule has 0 unspecified atom stereocenters. The van der Waals surface area contributed by atoms with E-state index in [1.807, 2.05) is 31.3 Å². The third kappa shape index (κ3) is 3.57. The smallest absolute Gasteiger partial charge is 0.137 e. The lowest BCUT2D eigenvalue weighted by molar-refractivity contribution is 0.411. The van der Waals surface area contributed by atoms with E-state index in [4.69, 9.17) is 0 Å². The first kappa shape index (κ1) is 9.91. The van der Waals surface area contributed by atoms with E-state index in [-0.39, 0.29) is 0 Å². The second-order valence-electron chi connectivity index (χ2n) is 1.96. The standard InChI is InChI=1S/C8H15N3/c1-5-6-7-8(9-2)11(4)10-3/h5-7,10H,1H2,2-4H3/b7-6-,9-8?. The first-order chi connectivity index (χ1) is 5.26. The molecule has 0 heterocycles. The van der Waals surface area contributed by atoms with Crippen LogP contribution in [0.3, 0.4) is 0 Å². The molecule has 0 rings (SSSR count). The molecule has 0 aromatic heterocycles. The van der Waals surface area contributed by atoms with E-state index in [0.29, 0.717) is 0 Å². The Balaban J connectivity index is 4.18. The zero-order chi connectivity index (χ0) is 8.69. The van der Waals surface area contributed by atoms with Crippen molar-refractivity contribution in [2.24, 2.45) is 4.99 Å². The Bertz CT molecular complexity index is 170. The van der Waals surface area contributed by atoms with Crippen molar-refractivity contribution >= 4 is 5.84 Å². The van der Waals surface area contributed by atoms with Crippen LogP contribution in [0.1, 0.15) is 0 Å². The molecule has 0 aliphatic rings. The zero-order valence-electron chi connectivity index (χ0n) is 7.33. The summed E-state index contributed by atoms with van der Waals surface area (Å²) in [4.78, 5) is 4.04. The number of aliphatic imine (C=N–C) groups is 1. The molecular formula is C8H15N3. The normalized spacial score (nSPS) is 12.1. The summed E-state index contributed by atoms with van der Waals surface area (Å²) in [6, 6.07) is 0. The van der Waals surface area contributed by atoms with Crippen LogP contribution in [0.5, 0.6) is 0 Å². The van der Waals surface area contributed by atoms with E-state index in [2.05, 4.69) is 17.0 Å². The first-order valence-electron chi connectivity index (χ1n) is 3.43. The number of allylic oxidation sites excluding steroid dienone is 2. The Morgan fingerprint density at radius 1 is 1.64 bits per heavy atom. The summed E-state index contributed by atoms with van der Waals surface area (Å²) in [6.45, 7) is 3.57. The van der Waals surface area contributed by atoms with Crippen LogP contribution in [0.4, 0.5) is 0 Å². The predicted molar refractivity (Wildman–Crippen MR) is 49.5 cm³/mol. The Morgan fingerprint density at radius 2 is 2.27 bits per heavy atom. The van der Waals surface area contributed by atoms with Gasteiger partial charge in [-0.25, -0.2) is 5.43 Å². The van der Waals surface area contributed by atoms with Crippen molar-refractivity contribution in [2.45, 2.75) is 0 Å². The van der Waals surface area contributed by atoms with Gasteiger partial charge in [0.25, 0.3) is 0 Å². The molecule has 62 valence electrons. The van der Waals surface area contributed by atoms with Crippen LogP contribution in [-0.4, -0.2) is 32.0 Å². The summed E-state index contributed by atoms with van der Waals surface area (Å²) in [5, 5.41) is 1.82. The maximum Gasteiger partial charge on any atom is 0.137 e. The number of hydrazine groups is 1. The summed E-state index contributed by atoms with van der Waals surface area (Å²) in [5.74, 6) is 0.868. The van der Waals surface area contributed by atoms with Gasteiger partial charge >= 0.3 is 0 Å². The van der Waals surface area contributed by atoms with Crippen LogP contribution in [0.25, 0.3) is 0 Å². The Hall–Kier alpha value is -1.09. The van der Waals surface area contributed by atoms with Crippen molar-refractivity contribution in [3.8, 4) is 0 Å². The van der Waals surface area contributed by atoms with Gasteiger partial charge in [0.15, 0.2) is 0 Å². The molecule has 0 spiro atoms. The minimum absolute atomic E-state index is 0.868. The number of likely N-dealkylation sites (N-methyl/N-ethyl adjacent to an activating group) is 1. The molecule has 0 aromatic carbocycles. The average Bonchev–Trinajstić information content (AvgIpc) is 2.05. The molecule has 0 aliphatic heterocycles. The second-order valence-corrected chi connectivity index (χ2v) is 1.96. The maximum absolute atomic E-state index is 4.04. The summed E-state index contributed by atoms with van der Waals surface area (Å²) in [7, 11) is 5.49. The number of amidine groups is 1. The van der Waals surface area contributed by atoms with Gasteiger partial charge in [0, 0.05) is 21.1 Å². The van der Waals surface area contributed by atoms with E-state index >= 15 is 0 Å². The van der Waals surface area contributed by atoms with E-state index in [1.54, 1.807) is 13.1 Å². The largest absolute Gasteiger partial charge is 0.296 e. The highest BCUT2D eigenvalue weighted by Crippen LogP contribution is 1.85. The second kappa shape index (κ2) is 5.68. The molecule has 0 aromatic rings. The van der Waals surface area contributed by atoms with Crippen molar-refractivity contribution in [1.29, 1.82) is 0 Å². The fourth-order valence-corrected chi connectivity index (χ4v) is 0.605. The maximum atomic E-state index is 4.04. The van der Waals surface area contributed by atoms with Gasteiger partial charge in [-0.15, -0.1) is 0 Å². The summed E-state index contributed by atoms with van der Waals surface area (Å²) < 4.78 is 0. The van der Waals surface area contributed by atoms with Gasteiger partial charge in [-0.3, -0.25) is 10.0 Å². The Morgan fingerprint density at radius 3 is 2.64 bits per heavy atom.